The molecule has 0 spiro atoms. The molecule has 14 heavy (non-hydrogen) atoms. The number of carbonyl (C=O) groups is 1. The Labute approximate surface area is 83.8 Å². The molecule has 0 aromatic heterocycles. The standard InChI is InChI=1S/C12H13NO/c1-13(2)11-8-7-9-5-3-4-6-10(9)12(11)14/h3-8,11H,1-2H3. The summed E-state index contributed by atoms with van der Waals surface area (Å²) < 4.78 is 0. The van der Waals surface area contributed by atoms with Crippen LogP contribution in [0, 0.1) is 0 Å². The van der Waals surface area contributed by atoms with Crippen molar-refractivity contribution in [3.8, 4) is 0 Å². The molecule has 0 bridgehead atoms. The van der Waals surface area contributed by atoms with E-state index in [4.69, 9.17) is 0 Å². The highest BCUT2D eigenvalue weighted by Crippen LogP contribution is 2.20. The number of fused-ring (bicyclic) bond motifs is 1. The van der Waals surface area contributed by atoms with Crippen LogP contribution in [0.1, 0.15) is 15.9 Å². The topological polar surface area (TPSA) is 20.3 Å². The van der Waals surface area contributed by atoms with Crippen LogP contribution < -0.4 is 0 Å². The normalized spacial score (nSPS) is 19.9. The van der Waals surface area contributed by atoms with Crippen LogP contribution in [0.3, 0.4) is 0 Å². The zero-order chi connectivity index (χ0) is 10.1. The molecule has 0 saturated carbocycles. The summed E-state index contributed by atoms with van der Waals surface area (Å²) >= 11 is 0. The van der Waals surface area contributed by atoms with E-state index >= 15 is 0 Å². The quantitative estimate of drug-likeness (QED) is 0.668. The van der Waals surface area contributed by atoms with E-state index in [1.54, 1.807) is 0 Å². The highest BCUT2D eigenvalue weighted by atomic mass is 16.1. The van der Waals surface area contributed by atoms with Crippen molar-refractivity contribution in [3.63, 3.8) is 0 Å². The Morgan fingerprint density at radius 2 is 1.93 bits per heavy atom. The number of hydrogen-bond donors (Lipinski definition) is 0. The fourth-order valence-corrected chi connectivity index (χ4v) is 1.71. The fourth-order valence-electron chi connectivity index (χ4n) is 1.71. The molecular weight excluding hydrogens is 174 g/mol. The van der Waals surface area contributed by atoms with Crippen molar-refractivity contribution < 1.29 is 4.79 Å². The van der Waals surface area contributed by atoms with E-state index in [2.05, 4.69) is 0 Å². The van der Waals surface area contributed by atoms with E-state index in [9.17, 15) is 4.79 Å². The Kier molecular flexibility index (Phi) is 2.22. The lowest BCUT2D eigenvalue weighted by molar-refractivity contribution is 0.0910. The second-order valence-electron chi connectivity index (χ2n) is 3.72. The minimum atomic E-state index is -0.107. The van der Waals surface area contributed by atoms with E-state index in [-0.39, 0.29) is 11.8 Å². The van der Waals surface area contributed by atoms with Crippen molar-refractivity contribution in [1.29, 1.82) is 0 Å². The Morgan fingerprint density at radius 1 is 1.21 bits per heavy atom. The number of Topliss-reactive ketones (excluding diaryl/α,β-unsaturated/α-hetero) is 1. The van der Waals surface area contributed by atoms with Gasteiger partial charge in [-0.05, 0) is 19.7 Å². The molecule has 1 aromatic carbocycles. The summed E-state index contributed by atoms with van der Waals surface area (Å²) in [4.78, 5) is 13.9. The number of rotatable bonds is 1. The summed E-state index contributed by atoms with van der Waals surface area (Å²) in [6.07, 6.45) is 3.96. The highest BCUT2D eigenvalue weighted by molar-refractivity contribution is 6.06. The van der Waals surface area contributed by atoms with Crippen molar-refractivity contribution in [2.75, 3.05) is 14.1 Å². The Morgan fingerprint density at radius 3 is 2.64 bits per heavy atom. The predicted octanol–water partition coefficient (Wildman–Crippen LogP) is 1.83. The molecule has 0 heterocycles. The van der Waals surface area contributed by atoms with Gasteiger partial charge in [-0.25, -0.2) is 0 Å². The van der Waals surface area contributed by atoms with Gasteiger partial charge in [0.15, 0.2) is 5.78 Å². The van der Waals surface area contributed by atoms with Gasteiger partial charge in [0.05, 0.1) is 6.04 Å². The molecule has 2 nitrogen and oxygen atoms in total. The fraction of sp³-hybridized carbons (Fsp3) is 0.250. The lowest BCUT2D eigenvalue weighted by atomic mass is 9.92. The molecule has 1 aromatic rings. The summed E-state index contributed by atoms with van der Waals surface area (Å²) in [5.41, 5.74) is 1.85. The minimum absolute atomic E-state index is 0.107. The van der Waals surface area contributed by atoms with Crippen LogP contribution in [0.2, 0.25) is 0 Å². The minimum Gasteiger partial charge on any atom is -0.296 e. The van der Waals surface area contributed by atoms with Gasteiger partial charge in [0.25, 0.3) is 0 Å². The first-order valence-electron chi connectivity index (χ1n) is 4.68. The SMILES string of the molecule is CN(C)C1C=Cc2ccccc2C1=O. The third-order valence-corrected chi connectivity index (χ3v) is 2.51. The number of hydrogen-bond acceptors (Lipinski definition) is 2. The molecule has 1 aliphatic carbocycles. The summed E-state index contributed by atoms with van der Waals surface area (Å²) in [7, 11) is 3.84. The largest absolute Gasteiger partial charge is 0.296 e. The van der Waals surface area contributed by atoms with Crippen molar-refractivity contribution in [2.24, 2.45) is 0 Å². The van der Waals surface area contributed by atoms with Crippen LogP contribution >= 0.6 is 0 Å². The Balaban J connectivity index is 2.45. The summed E-state index contributed by atoms with van der Waals surface area (Å²) in [6.45, 7) is 0. The maximum Gasteiger partial charge on any atom is 0.184 e. The molecule has 0 amide bonds. The first kappa shape index (κ1) is 9.16. The van der Waals surface area contributed by atoms with Crippen LogP contribution in [0.15, 0.2) is 30.3 Å². The van der Waals surface area contributed by atoms with Crippen LogP contribution in [-0.4, -0.2) is 30.8 Å². The molecule has 0 fully saturated rings. The molecule has 1 unspecified atom stereocenters. The number of ketones is 1. The molecule has 0 aliphatic heterocycles. The third kappa shape index (κ3) is 1.38. The second kappa shape index (κ2) is 3.39. The van der Waals surface area contributed by atoms with Crippen molar-refractivity contribution in [2.45, 2.75) is 6.04 Å². The smallest absolute Gasteiger partial charge is 0.184 e. The molecule has 1 atom stereocenters. The molecule has 0 saturated heterocycles. The monoisotopic (exact) mass is 187 g/mol. The first-order valence-corrected chi connectivity index (χ1v) is 4.68. The Bertz CT molecular complexity index is 393. The average Bonchev–Trinajstić information content (AvgIpc) is 2.18. The van der Waals surface area contributed by atoms with Crippen molar-refractivity contribution in [1.82, 2.24) is 4.90 Å². The van der Waals surface area contributed by atoms with Gasteiger partial charge in [-0.15, -0.1) is 0 Å². The predicted molar refractivity (Wildman–Crippen MR) is 57.3 cm³/mol. The molecule has 0 N–H and O–H groups in total. The first-order chi connectivity index (χ1) is 6.70. The highest BCUT2D eigenvalue weighted by Gasteiger charge is 2.24. The van der Waals surface area contributed by atoms with Crippen molar-refractivity contribution in [3.05, 3.63) is 41.5 Å². The van der Waals surface area contributed by atoms with Crippen LogP contribution in [-0.2, 0) is 0 Å². The molecule has 0 radical (unpaired) electrons. The zero-order valence-corrected chi connectivity index (χ0v) is 8.40. The van der Waals surface area contributed by atoms with Gasteiger partial charge >= 0.3 is 0 Å². The van der Waals surface area contributed by atoms with Gasteiger partial charge in [0.2, 0.25) is 0 Å². The summed E-state index contributed by atoms with van der Waals surface area (Å²) in [6, 6.07) is 7.60. The van der Waals surface area contributed by atoms with Gasteiger partial charge in [0, 0.05) is 5.56 Å². The van der Waals surface area contributed by atoms with Crippen LogP contribution in [0.25, 0.3) is 6.08 Å². The lowest BCUT2D eigenvalue weighted by Gasteiger charge is -2.23. The van der Waals surface area contributed by atoms with Gasteiger partial charge in [-0.1, -0.05) is 36.4 Å². The van der Waals surface area contributed by atoms with Gasteiger partial charge in [0.1, 0.15) is 0 Å². The number of benzene rings is 1. The van der Waals surface area contributed by atoms with Gasteiger partial charge in [-0.3, -0.25) is 9.69 Å². The van der Waals surface area contributed by atoms with Crippen LogP contribution in [0.4, 0.5) is 0 Å². The van der Waals surface area contributed by atoms with E-state index in [1.165, 1.54) is 0 Å². The molecule has 72 valence electrons. The van der Waals surface area contributed by atoms with E-state index < -0.39 is 0 Å². The van der Waals surface area contributed by atoms with E-state index in [0.29, 0.717) is 0 Å². The lowest BCUT2D eigenvalue weighted by Crippen LogP contribution is -2.35. The van der Waals surface area contributed by atoms with E-state index in [0.717, 1.165) is 11.1 Å². The van der Waals surface area contributed by atoms with Crippen molar-refractivity contribution >= 4 is 11.9 Å². The maximum atomic E-state index is 12.0. The number of likely N-dealkylation sites (N-methyl/N-ethyl adjacent to an activating group) is 1. The van der Waals surface area contributed by atoms with Crippen LogP contribution in [0.5, 0.6) is 0 Å². The van der Waals surface area contributed by atoms with Gasteiger partial charge < -0.3 is 0 Å². The number of nitrogens with zero attached hydrogens (tertiary/aromatic N) is 1. The Hall–Kier alpha value is -1.41. The van der Waals surface area contributed by atoms with E-state index in [1.807, 2.05) is 55.4 Å². The molecule has 2 rings (SSSR count). The maximum absolute atomic E-state index is 12.0. The van der Waals surface area contributed by atoms with Gasteiger partial charge in [-0.2, -0.15) is 0 Å². The second-order valence-corrected chi connectivity index (χ2v) is 3.72. The number of carbonyl (C=O) groups excluding carboxylic acids is 1. The average molecular weight is 187 g/mol. The third-order valence-electron chi connectivity index (χ3n) is 2.51. The zero-order valence-electron chi connectivity index (χ0n) is 8.40. The molecule has 1 aliphatic rings. The summed E-state index contributed by atoms with van der Waals surface area (Å²) in [5, 5.41) is 0. The summed E-state index contributed by atoms with van der Waals surface area (Å²) in [5.74, 6) is 0.188. The molecule has 2 heteroatoms. The molecular formula is C12H13NO.